The van der Waals surface area contributed by atoms with Gasteiger partial charge in [-0.15, -0.1) is 11.3 Å². The SMILES string of the molecule is COC(=O)CC(c1cccs1)C(C(=O)c1ccccc1)C(=O)c1ccccc1. The molecule has 0 spiro atoms. The highest BCUT2D eigenvalue weighted by molar-refractivity contribution is 7.10. The lowest BCUT2D eigenvalue weighted by Crippen LogP contribution is -2.32. The molecule has 142 valence electrons. The molecule has 0 fully saturated rings. The fraction of sp³-hybridized carbons (Fsp3) is 0.174. The van der Waals surface area contributed by atoms with E-state index in [9.17, 15) is 14.4 Å². The second-order valence-electron chi connectivity index (χ2n) is 6.34. The van der Waals surface area contributed by atoms with Gasteiger partial charge in [0.15, 0.2) is 11.6 Å². The number of thiophene rings is 1. The van der Waals surface area contributed by atoms with Gasteiger partial charge in [-0.1, -0.05) is 66.7 Å². The molecule has 0 radical (unpaired) electrons. The highest BCUT2D eigenvalue weighted by Crippen LogP contribution is 2.36. The Morgan fingerprint density at radius 1 is 0.821 bits per heavy atom. The van der Waals surface area contributed by atoms with Crippen LogP contribution in [0.5, 0.6) is 0 Å². The van der Waals surface area contributed by atoms with Gasteiger partial charge in [-0.25, -0.2) is 0 Å². The molecule has 1 atom stereocenters. The summed E-state index contributed by atoms with van der Waals surface area (Å²) >= 11 is 1.42. The number of rotatable bonds is 8. The van der Waals surface area contributed by atoms with E-state index in [2.05, 4.69) is 0 Å². The highest BCUT2D eigenvalue weighted by Gasteiger charge is 2.38. The number of methoxy groups -OCH3 is 1. The van der Waals surface area contributed by atoms with Crippen molar-refractivity contribution in [3.05, 3.63) is 94.2 Å². The average Bonchev–Trinajstić information content (AvgIpc) is 3.28. The normalized spacial score (nSPS) is 11.8. The Morgan fingerprint density at radius 2 is 1.36 bits per heavy atom. The van der Waals surface area contributed by atoms with Crippen LogP contribution in [0.25, 0.3) is 0 Å². The Labute approximate surface area is 167 Å². The quantitative estimate of drug-likeness (QED) is 0.315. The minimum absolute atomic E-state index is 0.0428. The maximum absolute atomic E-state index is 13.4. The molecule has 2 aromatic carbocycles. The Kier molecular flexibility index (Phi) is 6.50. The molecule has 1 heterocycles. The number of benzene rings is 2. The molecule has 0 aliphatic heterocycles. The summed E-state index contributed by atoms with van der Waals surface area (Å²) in [6.45, 7) is 0. The molecule has 0 saturated carbocycles. The van der Waals surface area contributed by atoms with Crippen LogP contribution in [0.2, 0.25) is 0 Å². The van der Waals surface area contributed by atoms with Crippen molar-refractivity contribution in [1.29, 1.82) is 0 Å². The zero-order chi connectivity index (χ0) is 19.9. The first-order chi connectivity index (χ1) is 13.6. The highest BCUT2D eigenvalue weighted by atomic mass is 32.1. The zero-order valence-electron chi connectivity index (χ0n) is 15.4. The number of carbonyl (C=O) groups excluding carboxylic acids is 3. The van der Waals surface area contributed by atoms with Crippen LogP contribution in [0.4, 0.5) is 0 Å². The van der Waals surface area contributed by atoms with Crippen molar-refractivity contribution in [2.45, 2.75) is 12.3 Å². The molecule has 0 amide bonds. The summed E-state index contributed by atoms with van der Waals surface area (Å²) < 4.78 is 4.84. The van der Waals surface area contributed by atoms with E-state index in [4.69, 9.17) is 4.74 Å². The molecule has 0 N–H and O–H groups in total. The smallest absolute Gasteiger partial charge is 0.306 e. The molecule has 4 nitrogen and oxygen atoms in total. The molecular weight excluding hydrogens is 372 g/mol. The van der Waals surface area contributed by atoms with Gasteiger partial charge in [0, 0.05) is 21.9 Å². The topological polar surface area (TPSA) is 60.4 Å². The Hall–Kier alpha value is -3.05. The van der Waals surface area contributed by atoms with Crippen molar-refractivity contribution in [2.75, 3.05) is 7.11 Å². The number of ketones is 2. The van der Waals surface area contributed by atoms with Crippen molar-refractivity contribution >= 4 is 28.9 Å². The fourth-order valence-electron chi connectivity index (χ4n) is 3.20. The van der Waals surface area contributed by atoms with Crippen LogP contribution >= 0.6 is 11.3 Å². The van der Waals surface area contributed by atoms with Gasteiger partial charge in [0.1, 0.15) is 0 Å². The standard InChI is InChI=1S/C23H20O4S/c1-27-20(24)15-18(19-13-8-14-28-19)21(22(25)16-9-4-2-5-10-16)23(26)17-11-6-3-7-12-17/h2-14,18,21H,15H2,1H3. The minimum atomic E-state index is -1.01. The molecule has 1 unspecified atom stereocenters. The second-order valence-corrected chi connectivity index (χ2v) is 7.32. The Morgan fingerprint density at radius 3 is 1.79 bits per heavy atom. The maximum atomic E-state index is 13.4. The summed E-state index contributed by atoms with van der Waals surface area (Å²) in [6.07, 6.45) is -0.0428. The summed E-state index contributed by atoms with van der Waals surface area (Å²) in [5.74, 6) is -2.64. The predicted octanol–water partition coefficient (Wildman–Crippen LogP) is 4.78. The molecule has 3 aromatic rings. The summed E-state index contributed by atoms with van der Waals surface area (Å²) in [6, 6.07) is 21.1. The van der Waals surface area contributed by atoms with Crippen molar-refractivity contribution < 1.29 is 19.1 Å². The average molecular weight is 392 g/mol. The third-order valence-corrected chi connectivity index (χ3v) is 5.61. The summed E-state index contributed by atoms with van der Waals surface area (Å²) in [5, 5.41) is 1.87. The predicted molar refractivity (Wildman–Crippen MR) is 109 cm³/mol. The molecule has 0 aliphatic rings. The van der Waals surface area contributed by atoms with E-state index in [-0.39, 0.29) is 18.0 Å². The number of hydrogen-bond donors (Lipinski definition) is 0. The first kappa shape index (κ1) is 19.7. The second kappa shape index (κ2) is 9.24. The number of ether oxygens (including phenoxy) is 1. The van der Waals surface area contributed by atoms with E-state index < -0.39 is 17.8 Å². The largest absolute Gasteiger partial charge is 0.469 e. The van der Waals surface area contributed by atoms with Crippen LogP contribution in [0.15, 0.2) is 78.2 Å². The van der Waals surface area contributed by atoms with Crippen molar-refractivity contribution in [3.8, 4) is 0 Å². The summed E-state index contributed by atoms with van der Waals surface area (Å²) in [4.78, 5) is 39.7. The van der Waals surface area contributed by atoms with Crippen molar-refractivity contribution in [3.63, 3.8) is 0 Å². The number of Topliss-reactive ketones (excluding diaryl/α,β-unsaturated/α-hetero) is 2. The minimum Gasteiger partial charge on any atom is -0.469 e. The molecule has 0 aliphatic carbocycles. The molecular formula is C23H20O4S. The van der Waals surface area contributed by atoms with Gasteiger partial charge >= 0.3 is 5.97 Å². The first-order valence-corrected chi connectivity index (χ1v) is 9.78. The van der Waals surface area contributed by atoms with Gasteiger partial charge in [0.05, 0.1) is 19.4 Å². The van der Waals surface area contributed by atoms with Crippen LogP contribution in [-0.2, 0) is 9.53 Å². The van der Waals surface area contributed by atoms with E-state index in [1.165, 1.54) is 18.4 Å². The van der Waals surface area contributed by atoms with Crippen LogP contribution in [0, 0.1) is 5.92 Å². The molecule has 0 saturated heterocycles. The van der Waals surface area contributed by atoms with Gasteiger partial charge in [-0.3, -0.25) is 14.4 Å². The monoisotopic (exact) mass is 392 g/mol. The lowest BCUT2D eigenvalue weighted by atomic mass is 9.78. The molecule has 0 bridgehead atoms. The summed E-state index contributed by atoms with van der Waals surface area (Å²) in [7, 11) is 1.31. The number of carbonyl (C=O) groups is 3. The maximum Gasteiger partial charge on any atom is 0.306 e. The van der Waals surface area contributed by atoms with E-state index in [1.54, 1.807) is 48.5 Å². The van der Waals surface area contributed by atoms with Gasteiger partial charge in [0.2, 0.25) is 0 Å². The van der Waals surface area contributed by atoms with E-state index >= 15 is 0 Å². The Balaban J connectivity index is 2.08. The van der Waals surface area contributed by atoms with E-state index in [0.717, 1.165) is 4.88 Å². The fourth-order valence-corrected chi connectivity index (χ4v) is 4.06. The van der Waals surface area contributed by atoms with Gasteiger partial charge in [0.25, 0.3) is 0 Å². The molecule has 28 heavy (non-hydrogen) atoms. The lowest BCUT2D eigenvalue weighted by Gasteiger charge is -2.24. The molecule has 1 aromatic heterocycles. The number of hydrogen-bond acceptors (Lipinski definition) is 5. The first-order valence-electron chi connectivity index (χ1n) is 8.90. The Bertz CT molecular complexity index is 882. The van der Waals surface area contributed by atoms with Crippen LogP contribution in [0.1, 0.15) is 37.9 Å². The lowest BCUT2D eigenvalue weighted by molar-refractivity contribution is -0.141. The van der Waals surface area contributed by atoms with Gasteiger partial charge in [-0.2, -0.15) is 0 Å². The van der Waals surface area contributed by atoms with Crippen molar-refractivity contribution in [1.82, 2.24) is 0 Å². The van der Waals surface area contributed by atoms with Crippen LogP contribution in [-0.4, -0.2) is 24.6 Å². The summed E-state index contributed by atoms with van der Waals surface area (Å²) in [5.41, 5.74) is 0.895. The third kappa shape index (κ3) is 4.43. The van der Waals surface area contributed by atoms with Crippen LogP contribution < -0.4 is 0 Å². The molecule has 5 heteroatoms. The van der Waals surface area contributed by atoms with E-state index in [0.29, 0.717) is 11.1 Å². The third-order valence-electron chi connectivity index (χ3n) is 4.61. The zero-order valence-corrected chi connectivity index (χ0v) is 16.2. The van der Waals surface area contributed by atoms with Gasteiger partial charge < -0.3 is 4.74 Å². The number of esters is 1. The van der Waals surface area contributed by atoms with Crippen molar-refractivity contribution in [2.24, 2.45) is 5.92 Å². The van der Waals surface area contributed by atoms with Crippen LogP contribution in [0.3, 0.4) is 0 Å². The van der Waals surface area contributed by atoms with Gasteiger partial charge in [-0.05, 0) is 11.4 Å². The molecule has 3 rings (SSSR count). The van der Waals surface area contributed by atoms with E-state index in [1.807, 2.05) is 29.6 Å².